The van der Waals surface area contributed by atoms with Crippen molar-refractivity contribution in [2.24, 2.45) is 0 Å². The molecule has 0 aliphatic heterocycles. The number of rotatable bonds is 1. The molecule has 1 aromatic rings. The van der Waals surface area contributed by atoms with E-state index in [0.29, 0.717) is 6.07 Å². The van der Waals surface area contributed by atoms with E-state index in [-0.39, 0.29) is 0 Å². The van der Waals surface area contributed by atoms with Crippen molar-refractivity contribution in [1.29, 1.82) is 5.26 Å². The number of halogens is 4. The summed E-state index contributed by atoms with van der Waals surface area (Å²) in [6.45, 7) is -1.10. The average Bonchev–Trinajstić information content (AvgIpc) is 2.15. The molecule has 1 aromatic carbocycles. The van der Waals surface area contributed by atoms with Crippen LogP contribution in [0, 0.1) is 17.1 Å². The highest BCUT2D eigenvalue weighted by Gasteiger charge is 2.34. The van der Waals surface area contributed by atoms with Crippen molar-refractivity contribution in [2.45, 2.75) is 12.8 Å². The number of aliphatic hydroxyl groups excluding tert-OH is 1. The molecule has 0 amide bonds. The lowest BCUT2D eigenvalue weighted by molar-refractivity contribution is -0.138. The van der Waals surface area contributed by atoms with Gasteiger partial charge in [-0.1, -0.05) is 0 Å². The van der Waals surface area contributed by atoms with Crippen LogP contribution in [0.5, 0.6) is 0 Å². The number of nitrogens with zero attached hydrogens (tertiary/aromatic N) is 1. The molecule has 0 aliphatic rings. The summed E-state index contributed by atoms with van der Waals surface area (Å²) in [7, 11) is 0. The van der Waals surface area contributed by atoms with Crippen molar-refractivity contribution in [3.8, 4) is 6.07 Å². The van der Waals surface area contributed by atoms with Crippen LogP contribution in [-0.4, -0.2) is 5.11 Å². The molecule has 1 N–H and O–H groups in total. The first-order chi connectivity index (χ1) is 6.91. The van der Waals surface area contributed by atoms with E-state index in [2.05, 4.69) is 0 Å². The van der Waals surface area contributed by atoms with E-state index in [1.54, 1.807) is 0 Å². The minimum absolute atomic E-state index is 0.521. The first kappa shape index (κ1) is 11.5. The molecule has 2 nitrogen and oxygen atoms in total. The maximum absolute atomic E-state index is 13.2. The second-order valence-corrected chi connectivity index (χ2v) is 2.72. The molecule has 0 atom stereocenters. The fourth-order valence-electron chi connectivity index (χ4n) is 1.13. The van der Waals surface area contributed by atoms with Gasteiger partial charge in [-0.3, -0.25) is 0 Å². The number of aliphatic hydroxyl groups is 1. The van der Waals surface area contributed by atoms with Gasteiger partial charge in [0.05, 0.1) is 17.7 Å². The van der Waals surface area contributed by atoms with Gasteiger partial charge < -0.3 is 5.11 Å². The van der Waals surface area contributed by atoms with Crippen molar-refractivity contribution in [1.82, 2.24) is 0 Å². The molecule has 0 unspecified atom stereocenters. The lowest BCUT2D eigenvalue weighted by atomic mass is 10.0. The maximum atomic E-state index is 13.2. The molecule has 80 valence electrons. The Bertz CT molecular complexity index is 419. The molecule has 0 saturated carbocycles. The van der Waals surface area contributed by atoms with Gasteiger partial charge in [0.15, 0.2) is 0 Å². The summed E-state index contributed by atoms with van der Waals surface area (Å²) in [4.78, 5) is 0. The molecule has 0 radical (unpaired) electrons. The van der Waals surface area contributed by atoms with Gasteiger partial charge in [-0.05, 0) is 12.1 Å². The lowest BCUT2D eigenvalue weighted by Crippen LogP contribution is -2.11. The number of nitriles is 1. The van der Waals surface area contributed by atoms with E-state index in [9.17, 15) is 17.6 Å². The fourth-order valence-corrected chi connectivity index (χ4v) is 1.13. The van der Waals surface area contributed by atoms with Crippen LogP contribution in [0.15, 0.2) is 12.1 Å². The summed E-state index contributed by atoms with van der Waals surface area (Å²) in [6, 6.07) is 2.71. The molecule has 0 aromatic heterocycles. The van der Waals surface area contributed by atoms with Gasteiger partial charge in [0.25, 0.3) is 0 Å². The predicted molar refractivity (Wildman–Crippen MR) is 42.0 cm³/mol. The van der Waals surface area contributed by atoms with E-state index >= 15 is 0 Å². The maximum Gasteiger partial charge on any atom is 0.416 e. The Balaban J connectivity index is 3.46. The second-order valence-electron chi connectivity index (χ2n) is 2.72. The Labute approximate surface area is 82.4 Å². The summed E-state index contributed by atoms with van der Waals surface area (Å²) in [6.07, 6.45) is -4.74. The largest absolute Gasteiger partial charge is 0.416 e. The minimum Gasteiger partial charge on any atom is -0.392 e. The molecule has 0 fully saturated rings. The zero-order chi connectivity index (χ0) is 11.6. The molecule has 0 bridgehead atoms. The summed E-state index contributed by atoms with van der Waals surface area (Å²) < 4.78 is 50.1. The molecule has 0 heterocycles. The first-order valence-electron chi connectivity index (χ1n) is 3.81. The minimum atomic E-state index is -4.74. The number of alkyl halides is 3. The highest BCUT2D eigenvalue weighted by Crippen LogP contribution is 2.33. The predicted octanol–water partition coefficient (Wildman–Crippen LogP) is 2.21. The standard InChI is InChI=1S/C9H5F4NO/c10-8-5(3-14)1-2-7(6(8)4-15)9(11,12)13/h1-2,15H,4H2. The molecule has 0 aliphatic carbocycles. The number of hydrogen-bond acceptors (Lipinski definition) is 2. The van der Waals surface area contributed by atoms with Gasteiger partial charge in [0, 0.05) is 5.56 Å². The van der Waals surface area contributed by atoms with Gasteiger partial charge in [0.1, 0.15) is 11.9 Å². The van der Waals surface area contributed by atoms with Crippen LogP contribution in [0.3, 0.4) is 0 Å². The van der Waals surface area contributed by atoms with Crippen LogP contribution in [-0.2, 0) is 12.8 Å². The van der Waals surface area contributed by atoms with E-state index < -0.39 is 35.3 Å². The highest BCUT2D eigenvalue weighted by atomic mass is 19.4. The smallest absolute Gasteiger partial charge is 0.392 e. The van der Waals surface area contributed by atoms with Crippen LogP contribution in [0.1, 0.15) is 16.7 Å². The molecule has 0 saturated heterocycles. The topological polar surface area (TPSA) is 44.0 Å². The molecule has 6 heteroatoms. The molecular formula is C9H5F4NO. The Morgan fingerprint density at radius 2 is 1.93 bits per heavy atom. The second kappa shape index (κ2) is 3.87. The van der Waals surface area contributed by atoms with Gasteiger partial charge >= 0.3 is 6.18 Å². The van der Waals surface area contributed by atoms with Crippen molar-refractivity contribution in [2.75, 3.05) is 0 Å². The normalized spacial score (nSPS) is 11.2. The van der Waals surface area contributed by atoms with E-state index in [0.717, 1.165) is 6.07 Å². The van der Waals surface area contributed by atoms with Crippen LogP contribution >= 0.6 is 0 Å². The van der Waals surface area contributed by atoms with Gasteiger partial charge in [-0.15, -0.1) is 0 Å². The van der Waals surface area contributed by atoms with E-state index in [4.69, 9.17) is 10.4 Å². The Morgan fingerprint density at radius 1 is 1.33 bits per heavy atom. The third kappa shape index (κ3) is 2.07. The third-order valence-corrected chi connectivity index (χ3v) is 1.83. The third-order valence-electron chi connectivity index (χ3n) is 1.83. The van der Waals surface area contributed by atoms with Crippen LogP contribution in [0.4, 0.5) is 17.6 Å². The van der Waals surface area contributed by atoms with E-state index in [1.165, 1.54) is 6.07 Å². The monoisotopic (exact) mass is 219 g/mol. The zero-order valence-corrected chi connectivity index (χ0v) is 7.27. The molecule has 1 rings (SSSR count). The van der Waals surface area contributed by atoms with Gasteiger partial charge in [-0.25, -0.2) is 4.39 Å². The highest BCUT2D eigenvalue weighted by molar-refractivity contribution is 5.40. The van der Waals surface area contributed by atoms with E-state index in [1.807, 2.05) is 0 Å². The van der Waals surface area contributed by atoms with Crippen molar-refractivity contribution < 1.29 is 22.7 Å². The number of benzene rings is 1. The SMILES string of the molecule is N#Cc1ccc(C(F)(F)F)c(CO)c1F. The lowest BCUT2D eigenvalue weighted by Gasteiger charge is -2.12. The molecule has 0 spiro atoms. The average molecular weight is 219 g/mol. The van der Waals surface area contributed by atoms with Crippen molar-refractivity contribution in [3.63, 3.8) is 0 Å². The Morgan fingerprint density at radius 3 is 2.33 bits per heavy atom. The molecule has 15 heavy (non-hydrogen) atoms. The van der Waals surface area contributed by atoms with Crippen LogP contribution < -0.4 is 0 Å². The summed E-state index contributed by atoms with van der Waals surface area (Å²) in [5.74, 6) is -1.32. The Hall–Kier alpha value is -1.61. The summed E-state index contributed by atoms with van der Waals surface area (Å²) >= 11 is 0. The van der Waals surface area contributed by atoms with Gasteiger partial charge in [0.2, 0.25) is 0 Å². The Kier molecular flexibility index (Phi) is 2.95. The fraction of sp³-hybridized carbons (Fsp3) is 0.222. The zero-order valence-electron chi connectivity index (χ0n) is 7.27. The van der Waals surface area contributed by atoms with Crippen molar-refractivity contribution in [3.05, 3.63) is 34.6 Å². The summed E-state index contributed by atoms with van der Waals surface area (Å²) in [5, 5.41) is 17.0. The quantitative estimate of drug-likeness (QED) is 0.736. The first-order valence-corrected chi connectivity index (χ1v) is 3.81. The van der Waals surface area contributed by atoms with Crippen LogP contribution in [0.25, 0.3) is 0 Å². The molecular weight excluding hydrogens is 214 g/mol. The van der Waals surface area contributed by atoms with Gasteiger partial charge in [-0.2, -0.15) is 18.4 Å². The van der Waals surface area contributed by atoms with Crippen LogP contribution in [0.2, 0.25) is 0 Å². The number of hydrogen-bond donors (Lipinski definition) is 1. The van der Waals surface area contributed by atoms with Crippen molar-refractivity contribution >= 4 is 0 Å². The summed E-state index contributed by atoms with van der Waals surface area (Å²) in [5.41, 5.74) is -2.69.